The fraction of sp³-hybridized carbons (Fsp3) is 0.933. The molecule has 3 saturated heterocycles. The number of carbonyl (C=O) groups is 1. The number of hydrogen-bond acceptors (Lipinski definition) is 3. The monoisotopic (exact) mass is 266 g/mol. The van der Waals surface area contributed by atoms with Crippen LogP contribution >= 0.6 is 0 Å². The minimum Gasteiger partial charge on any atom is -0.378 e. The van der Waals surface area contributed by atoms with Gasteiger partial charge in [0.1, 0.15) is 0 Å². The van der Waals surface area contributed by atoms with E-state index in [-0.39, 0.29) is 6.10 Å². The van der Waals surface area contributed by atoms with E-state index in [0.717, 1.165) is 26.0 Å². The summed E-state index contributed by atoms with van der Waals surface area (Å²) in [5, 5.41) is 0. The minimum atomic E-state index is 0.190. The fourth-order valence-corrected chi connectivity index (χ4v) is 4.04. The number of amides is 1. The molecule has 3 atom stereocenters. The third-order valence-corrected chi connectivity index (χ3v) is 5.07. The number of likely N-dealkylation sites (tertiary alicyclic amines) is 2. The van der Waals surface area contributed by atoms with Gasteiger partial charge in [0.05, 0.1) is 12.5 Å². The smallest absolute Gasteiger partial charge is 0.225 e. The number of ether oxygens (including phenoxy) is 1. The maximum absolute atomic E-state index is 12.5. The largest absolute Gasteiger partial charge is 0.378 e. The Morgan fingerprint density at radius 2 is 1.89 bits per heavy atom. The fourth-order valence-electron chi connectivity index (χ4n) is 4.04. The molecule has 3 rings (SSSR count). The van der Waals surface area contributed by atoms with Crippen LogP contribution in [0.2, 0.25) is 0 Å². The maximum atomic E-state index is 12.5. The first kappa shape index (κ1) is 13.4. The van der Waals surface area contributed by atoms with Gasteiger partial charge >= 0.3 is 0 Å². The molecule has 3 fully saturated rings. The van der Waals surface area contributed by atoms with Gasteiger partial charge in [-0.15, -0.1) is 0 Å². The van der Waals surface area contributed by atoms with E-state index < -0.39 is 0 Å². The average molecular weight is 266 g/mol. The van der Waals surface area contributed by atoms with E-state index in [9.17, 15) is 4.79 Å². The first-order chi connectivity index (χ1) is 9.25. The van der Waals surface area contributed by atoms with Crippen LogP contribution in [0.5, 0.6) is 0 Å². The molecule has 0 N–H and O–H groups in total. The minimum absolute atomic E-state index is 0.190. The predicted octanol–water partition coefficient (Wildman–Crippen LogP) is 1.64. The van der Waals surface area contributed by atoms with E-state index in [1.807, 2.05) is 0 Å². The molecule has 3 aliphatic rings. The second kappa shape index (κ2) is 5.80. The summed E-state index contributed by atoms with van der Waals surface area (Å²) in [5.74, 6) is 0.328. The molecule has 0 radical (unpaired) electrons. The Morgan fingerprint density at radius 1 is 1.11 bits per heavy atom. The van der Waals surface area contributed by atoms with Crippen molar-refractivity contribution in [2.45, 2.75) is 63.1 Å². The van der Waals surface area contributed by atoms with Crippen molar-refractivity contribution in [2.24, 2.45) is 0 Å². The number of hydrogen-bond donors (Lipinski definition) is 0. The molecular weight excluding hydrogens is 240 g/mol. The van der Waals surface area contributed by atoms with E-state index in [1.165, 1.54) is 32.2 Å². The van der Waals surface area contributed by atoms with Crippen LogP contribution < -0.4 is 0 Å². The van der Waals surface area contributed by atoms with E-state index in [2.05, 4.69) is 16.8 Å². The van der Waals surface area contributed by atoms with Crippen LogP contribution in [0.15, 0.2) is 0 Å². The Morgan fingerprint density at radius 3 is 2.58 bits per heavy atom. The van der Waals surface area contributed by atoms with Gasteiger partial charge in [-0.1, -0.05) is 0 Å². The van der Waals surface area contributed by atoms with E-state index >= 15 is 0 Å². The van der Waals surface area contributed by atoms with Gasteiger partial charge in [0.25, 0.3) is 0 Å². The number of likely N-dealkylation sites (N-methyl/N-ethyl adjacent to an activating group) is 1. The standard InChI is InChI=1S/C15H26N2O2/c1-16-8-2-6-13(16)14-7-3-9-17(14)15(18)11-12-5-4-10-19-12/h12-14H,2-11H2,1H3/t12-,13+,14+/m0/s1. The highest BCUT2D eigenvalue weighted by molar-refractivity contribution is 5.77. The summed E-state index contributed by atoms with van der Waals surface area (Å²) in [6.07, 6.45) is 7.87. The third-order valence-electron chi connectivity index (χ3n) is 5.07. The van der Waals surface area contributed by atoms with Gasteiger partial charge in [-0.05, 0) is 52.1 Å². The molecule has 3 aliphatic heterocycles. The van der Waals surface area contributed by atoms with Crippen molar-refractivity contribution in [3.8, 4) is 0 Å². The van der Waals surface area contributed by atoms with Crippen LogP contribution in [0.4, 0.5) is 0 Å². The zero-order valence-electron chi connectivity index (χ0n) is 12.0. The lowest BCUT2D eigenvalue weighted by atomic mass is 10.0. The van der Waals surface area contributed by atoms with Crippen molar-refractivity contribution in [3.05, 3.63) is 0 Å². The number of nitrogens with zero attached hydrogens (tertiary/aromatic N) is 2. The lowest BCUT2D eigenvalue weighted by Gasteiger charge is -2.33. The molecular formula is C15H26N2O2. The molecule has 108 valence electrons. The molecule has 0 aromatic rings. The van der Waals surface area contributed by atoms with E-state index in [4.69, 9.17) is 4.74 Å². The van der Waals surface area contributed by atoms with Crippen molar-refractivity contribution in [1.29, 1.82) is 0 Å². The van der Waals surface area contributed by atoms with Crippen molar-refractivity contribution in [1.82, 2.24) is 9.80 Å². The molecule has 4 nitrogen and oxygen atoms in total. The van der Waals surface area contributed by atoms with Gasteiger partial charge in [-0.25, -0.2) is 0 Å². The first-order valence-electron chi connectivity index (χ1n) is 7.87. The van der Waals surface area contributed by atoms with E-state index in [1.54, 1.807) is 0 Å². The summed E-state index contributed by atoms with van der Waals surface area (Å²) in [6.45, 7) is 2.99. The predicted molar refractivity (Wildman–Crippen MR) is 74.0 cm³/mol. The Balaban J connectivity index is 1.60. The zero-order valence-corrected chi connectivity index (χ0v) is 12.0. The second-order valence-electron chi connectivity index (χ2n) is 6.33. The highest BCUT2D eigenvalue weighted by Crippen LogP contribution is 2.30. The molecule has 19 heavy (non-hydrogen) atoms. The highest BCUT2D eigenvalue weighted by atomic mass is 16.5. The summed E-state index contributed by atoms with van der Waals surface area (Å²) < 4.78 is 5.61. The van der Waals surface area contributed by atoms with Crippen LogP contribution in [0.25, 0.3) is 0 Å². The third kappa shape index (κ3) is 2.79. The summed E-state index contributed by atoms with van der Waals surface area (Å²) in [7, 11) is 2.21. The quantitative estimate of drug-likeness (QED) is 0.778. The Labute approximate surface area is 116 Å². The molecule has 0 aliphatic carbocycles. The molecule has 4 heteroatoms. The highest BCUT2D eigenvalue weighted by Gasteiger charge is 2.38. The molecule has 0 unspecified atom stereocenters. The lowest BCUT2D eigenvalue weighted by molar-refractivity contribution is -0.135. The molecule has 0 aromatic heterocycles. The Kier molecular flexibility index (Phi) is 4.08. The molecule has 0 saturated carbocycles. The van der Waals surface area contributed by atoms with Crippen molar-refractivity contribution in [2.75, 3.05) is 26.7 Å². The number of carbonyl (C=O) groups excluding carboxylic acids is 1. The van der Waals surface area contributed by atoms with Gasteiger partial charge in [-0.3, -0.25) is 4.79 Å². The van der Waals surface area contributed by atoms with Crippen molar-refractivity contribution in [3.63, 3.8) is 0 Å². The van der Waals surface area contributed by atoms with Gasteiger partial charge in [0.2, 0.25) is 5.91 Å². The van der Waals surface area contributed by atoms with Crippen LogP contribution in [0, 0.1) is 0 Å². The SMILES string of the molecule is CN1CCC[C@@H]1[C@H]1CCCN1C(=O)C[C@@H]1CCCO1. The van der Waals surface area contributed by atoms with Gasteiger partial charge in [0, 0.05) is 25.2 Å². The summed E-state index contributed by atoms with van der Waals surface area (Å²) in [6, 6.07) is 1.05. The van der Waals surface area contributed by atoms with Crippen LogP contribution in [-0.2, 0) is 9.53 Å². The Bertz CT molecular complexity index is 328. The average Bonchev–Trinajstić information content (AvgIpc) is 3.07. The van der Waals surface area contributed by atoms with Gasteiger partial charge in [0.15, 0.2) is 0 Å². The van der Waals surface area contributed by atoms with Gasteiger partial charge < -0.3 is 14.5 Å². The molecule has 0 aromatic carbocycles. The second-order valence-corrected chi connectivity index (χ2v) is 6.33. The molecule has 0 bridgehead atoms. The summed E-state index contributed by atoms with van der Waals surface area (Å²) in [5.41, 5.74) is 0. The topological polar surface area (TPSA) is 32.8 Å². The van der Waals surface area contributed by atoms with Crippen molar-refractivity contribution >= 4 is 5.91 Å². The normalized spacial score (nSPS) is 36.3. The van der Waals surface area contributed by atoms with Crippen LogP contribution in [-0.4, -0.2) is 60.6 Å². The first-order valence-corrected chi connectivity index (χ1v) is 7.87. The zero-order chi connectivity index (χ0) is 13.2. The summed E-state index contributed by atoms with van der Waals surface area (Å²) >= 11 is 0. The van der Waals surface area contributed by atoms with Crippen LogP contribution in [0.1, 0.15) is 44.9 Å². The lowest BCUT2D eigenvalue weighted by Crippen LogP contribution is -2.47. The van der Waals surface area contributed by atoms with Crippen LogP contribution in [0.3, 0.4) is 0 Å². The summed E-state index contributed by atoms with van der Waals surface area (Å²) in [4.78, 5) is 17.1. The number of rotatable bonds is 3. The Hall–Kier alpha value is -0.610. The van der Waals surface area contributed by atoms with Gasteiger partial charge in [-0.2, -0.15) is 0 Å². The molecule has 0 spiro atoms. The maximum Gasteiger partial charge on any atom is 0.225 e. The molecule has 1 amide bonds. The van der Waals surface area contributed by atoms with E-state index in [0.29, 0.717) is 24.4 Å². The van der Waals surface area contributed by atoms with Crippen molar-refractivity contribution < 1.29 is 9.53 Å². The molecule has 3 heterocycles.